The van der Waals surface area contributed by atoms with Crippen molar-refractivity contribution in [1.82, 2.24) is 24.4 Å². The van der Waals surface area contributed by atoms with Crippen LogP contribution in [0.3, 0.4) is 0 Å². The first-order valence-electron chi connectivity index (χ1n) is 11.4. The van der Waals surface area contributed by atoms with E-state index in [1.165, 1.54) is 24.9 Å². The summed E-state index contributed by atoms with van der Waals surface area (Å²) in [6, 6.07) is 9.38. The van der Waals surface area contributed by atoms with Crippen molar-refractivity contribution in [3.63, 3.8) is 0 Å². The number of nitrogens with one attached hydrogen (secondary N) is 2. The van der Waals surface area contributed by atoms with Crippen LogP contribution in [-0.2, 0) is 0 Å². The minimum atomic E-state index is 0.284. The molecule has 0 atom stereocenters. The summed E-state index contributed by atoms with van der Waals surface area (Å²) in [6.45, 7) is 8.64. The normalized spacial score (nSPS) is 17.9. The second-order valence-corrected chi connectivity index (χ2v) is 9.05. The van der Waals surface area contributed by atoms with Gasteiger partial charge in [0.25, 0.3) is 0 Å². The van der Waals surface area contributed by atoms with Gasteiger partial charge in [0.05, 0.1) is 6.33 Å². The lowest BCUT2D eigenvalue weighted by Gasteiger charge is -2.34. The van der Waals surface area contributed by atoms with Gasteiger partial charge in [0.2, 0.25) is 5.95 Å². The van der Waals surface area contributed by atoms with E-state index in [0.717, 1.165) is 48.8 Å². The highest BCUT2D eigenvalue weighted by Gasteiger charge is 2.21. The molecular formula is C23H32N8. The molecule has 2 N–H and O–H groups in total. The van der Waals surface area contributed by atoms with Gasteiger partial charge in [-0.1, -0.05) is 0 Å². The Labute approximate surface area is 183 Å². The zero-order valence-corrected chi connectivity index (χ0v) is 18.7. The third kappa shape index (κ3) is 4.17. The number of hydrogen-bond donors (Lipinski definition) is 2. The molecule has 8 nitrogen and oxygen atoms in total. The Morgan fingerprint density at radius 2 is 1.74 bits per heavy atom. The number of rotatable bonds is 6. The van der Waals surface area contributed by atoms with E-state index in [9.17, 15) is 0 Å². The van der Waals surface area contributed by atoms with Gasteiger partial charge in [-0.2, -0.15) is 9.97 Å². The quantitative estimate of drug-likeness (QED) is 0.627. The minimum Gasteiger partial charge on any atom is -0.369 e. The number of likely N-dealkylation sites (N-methyl/N-ethyl adjacent to an activating group) is 1. The zero-order chi connectivity index (χ0) is 21.4. The third-order valence-corrected chi connectivity index (χ3v) is 6.41. The predicted octanol–water partition coefficient (Wildman–Crippen LogP) is 3.87. The van der Waals surface area contributed by atoms with E-state index in [-0.39, 0.29) is 6.04 Å². The summed E-state index contributed by atoms with van der Waals surface area (Å²) < 4.78 is 2.10. The van der Waals surface area contributed by atoms with Crippen molar-refractivity contribution in [3.05, 3.63) is 30.6 Å². The van der Waals surface area contributed by atoms with Crippen LogP contribution < -0.4 is 15.5 Å². The molecule has 1 aliphatic heterocycles. The van der Waals surface area contributed by atoms with Gasteiger partial charge in [-0.05, 0) is 64.4 Å². The molecule has 3 aromatic rings. The second kappa shape index (κ2) is 8.34. The van der Waals surface area contributed by atoms with Crippen LogP contribution in [0.5, 0.6) is 0 Å². The molecule has 8 heteroatoms. The highest BCUT2D eigenvalue weighted by atomic mass is 15.3. The summed E-state index contributed by atoms with van der Waals surface area (Å²) in [6.07, 6.45) is 5.50. The fourth-order valence-electron chi connectivity index (χ4n) is 4.14. The molecular weight excluding hydrogens is 388 g/mol. The Kier molecular flexibility index (Phi) is 5.40. The highest BCUT2D eigenvalue weighted by molar-refractivity contribution is 5.86. The standard InChI is InChI=1S/C23H32N8/c1-16(2)31-15-24-20-21(27-23(28-22(20)31)26-17-5-4-6-17)25-18-7-9-19(10-8-18)30-13-11-29(3)12-14-30/h7-10,15-17H,4-6,11-14H2,1-3H3,(H2,25,26,27,28). The summed E-state index contributed by atoms with van der Waals surface area (Å²) >= 11 is 0. The Hall–Kier alpha value is -2.87. The maximum absolute atomic E-state index is 4.79. The summed E-state index contributed by atoms with van der Waals surface area (Å²) in [5.41, 5.74) is 3.94. The Balaban J connectivity index is 1.41. The van der Waals surface area contributed by atoms with Crippen molar-refractivity contribution in [1.29, 1.82) is 0 Å². The molecule has 1 aliphatic carbocycles. The van der Waals surface area contributed by atoms with Crippen molar-refractivity contribution in [2.24, 2.45) is 0 Å². The van der Waals surface area contributed by atoms with Gasteiger partial charge in [0.1, 0.15) is 0 Å². The molecule has 3 heterocycles. The zero-order valence-electron chi connectivity index (χ0n) is 18.7. The largest absolute Gasteiger partial charge is 0.369 e. The van der Waals surface area contributed by atoms with Gasteiger partial charge in [-0.15, -0.1) is 0 Å². The van der Waals surface area contributed by atoms with Crippen LogP contribution >= 0.6 is 0 Å². The lowest BCUT2D eigenvalue weighted by atomic mass is 9.93. The number of aromatic nitrogens is 4. The van der Waals surface area contributed by atoms with Crippen molar-refractivity contribution in [2.75, 3.05) is 48.8 Å². The van der Waals surface area contributed by atoms with E-state index in [2.05, 4.69) is 75.1 Å². The lowest BCUT2D eigenvalue weighted by molar-refractivity contribution is 0.313. The van der Waals surface area contributed by atoms with Crippen LogP contribution in [0.15, 0.2) is 30.6 Å². The van der Waals surface area contributed by atoms with Gasteiger partial charge in [-0.3, -0.25) is 0 Å². The van der Waals surface area contributed by atoms with E-state index in [4.69, 9.17) is 9.97 Å². The topological polar surface area (TPSA) is 74.1 Å². The lowest BCUT2D eigenvalue weighted by Crippen LogP contribution is -2.44. The predicted molar refractivity (Wildman–Crippen MR) is 126 cm³/mol. The van der Waals surface area contributed by atoms with Crippen LogP contribution in [-0.4, -0.2) is 63.7 Å². The first-order chi connectivity index (χ1) is 15.1. The first kappa shape index (κ1) is 20.1. The minimum absolute atomic E-state index is 0.284. The van der Waals surface area contributed by atoms with Crippen molar-refractivity contribution in [2.45, 2.75) is 45.2 Å². The molecule has 1 saturated carbocycles. The van der Waals surface area contributed by atoms with Gasteiger partial charge in [-0.25, -0.2) is 4.98 Å². The average Bonchev–Trinajstić information content (AvgIpc) is 3.17. The van der Waals surface area contributed by atoms with Crippen LogP contribution in [0.1, 0.15) is 39.2 Å². The summed E-state index contributed by atoms with van der Waals surface area (Å²) in [5.74, 6) is 1.43. The molecule has 5 rings (SSSR count). The third-order valence-electron chi connectivity index (χ3n) is 6.41. The molecule has 31 heavy (non-hydrogen) atoms. The molecule has 1 saturated heterocycles. The van der Waals surface area contributed by atoms with Crippen molar-refractivity contribution < 1.29 is 0 Å². The van der Waals surface area contributed by atoms with Gasteiger partial charge in [0.15, 0.2) is 17.0 Å². The Morgan fingerprint density at radius 1 is 1.00 bits per heavy atom. The maximum atomic E-state index is 4.79. The van der Waals surface area contributed by atoms with E-state index >= 15 is 0 Å². The van der Waals surface area contributed by atoms with E-state index < -0.39 is 0 Å². The molecule has 1 aromatic carbocycles. The molecule has 0 spiro atoms. The van der Waals surface area contributed by atoms with Crippen LogP contribution in [0.2, 0.25) is 0 Å². The van der Waals surface area contributed by atoms with E-state index in [0.29, 0.717) is 12.0 Å². The van der Waals surface area contributed by atoms with Crippen molar-refractivity contribution >= 4 is 34.3 Å². The smallest absolute Gasteiger partial charge is 0.227 e. The number of piperazine rings is 1. The molecule has 0 bridgehead atoms. The van der Waals surface area contributed by atoms with Crippen LogP contribution in [0.4, 0.5) is 23.1 Å². The number of nitrogens with zero attached hydrogens (tertiary/aromatic N) is 6. The highest BCUT2D eigenvalue weighted by Crippen LogP contribution is 2.29. The van der Waals surface area contributed by atoms with E-state index in [1.807, 2.05) is 6.33 Å². The number of anilines is 4. The fraction of sp³-hybridized carbons (Fsp3) is 0.522. The summed E-state index contributed by atoms with van der Waals surface area (Å²) in [7, 11) is 2.18. The molecule has 164 valence electrons. The molecule has 0 unspecified atom stereocenters. The molecule has 2 fully saturated rings. The number of hydrogen-bond acceptors (Lipinski definition) is 7. The van der Waals surface area contributed by atoms with Gasteiger partial charge < -0.3 is 25.0 Å². The van der Waals surface area contributed by atoms with Gasteiger partial charge in [0, 0.05) is 49.6 Å². The Morgan fingerprint density at radius 3 is 2.39 bits per heavy atom. The SMILES string of the molecule is CC(C)n1cnc2c(Nc3ccc(N4CCN(C)CC4)cc3)nc(NC3CCC3)nc21. The second-order valence-electron chi connectivity index (χ2n) is 9.05. The molecule has 2 aliphatic rings. The Bertz CT molecular complexity index is 1030. The molecule has 2 aromatic heterocycles. The van der Waals surface area contributed by atoms with Gasteiger partial charge >= 0.3 is 0 Å². The van der Waals surface area contributed by atoms with Crippen LogP contribution in [0.25, 0.3) is 11.2 Å². The first-order valence-corrected chi connectivity index (χ1v) is 11.4. The monoisotopic (exact) mass is 420 g/mol. The summed E-state index contributed by atoms with van der Waals surface area (Å²) in [4.78, 5) is 19.0. The van der Waals surface area contributed by atoms with Crippen molar-refractivity contribution in [3.8, 4) is 0 Å². The average molecular weight is 421 g/mol. The molecule has 0 radical (unpaired) electrons. The van der Waals surface area contributed by atoms with E-state index in [1.54, 1.807) is 0 Å². The number of benzene rings is 1. The number of fused-ring (bicyclic) bond motifs is 1. The fourth-order valence-corrected chi connectivity index (χ4v) is 4.14. The summed E-state index contributed by atoms with van der Waals surface area (Å²) in [5, 5.41) is 6.99. The number of imidazole rings is 1. The maximum Gasteiger partial charge on any atom is 0.227 e. The molecule has 0 amide bonds. The van der Waals surface area contributed by atoms with Crippen LogP contribution in [0, 0.1) is 0 Å².